The Hall–Kier alpha value is -0.420. The first-order valence-electron chi connectivity index (χ1n) is 5.71. The van der Waals surface area contributed by atoms with Crippen LogP contribution in [0.4, 0.5) is 0 Å². The molecule has 0 amide bonds. The third kappa shape index (κ3) is 5.61. The van der Waals surface area contributed by atoms with Gasteiger partial charge in [0.15, 0.2) is 0 Å². The molecule has 3 nitrogen and oxygen atoms in total. The summed E-state index contributed by atoms with van der Waals surface area (Å²) >= 11 is 1.80. The Kier molecular flexibility index (Phi) is 6.64. The SMILES string of the molecule is COCCCN(Cc1cccs1)C[C@@H](C)N. The van der Waals surface area contributed by atoms with E-state index >= 15 is 0 Å². The van der Waals surface area contributed by atoms with Crippen LogP contribution in [0.1, 0.15) is 18.2 Å². The minimum atomic E-state index is 0.225. The number of nitrogens with zero attached hydrogens (tertiary/aromatic N) is 1. The summed E-state index contributed by atoms with van der Waals surface area (Å²) < 4.78 is 5.08. The van der Waals surface area contributed by atoms with Gasteiger partial charge in [0.2, 0.25) is 0 Å². The summed E-state index contributed by atoms with van der Waals surface area (Å²) in [6, 6.07) is 4.50. The monoisotopic (exact) mass is 242 g/mol. The average Bonchev–Trinajstić information content (AvgIpc) is 2.69. The molecule has 1 atom stereocenters. The Labute approximate surface area is 102 Å². The third-order valence-electron chi connectivity index (χ3n) is 2.33. The largest absolute Gasteiger partial charge is 0.385 e. The minimum Gasteiger partial charge on any atom is -0.385 e. The normalized spacial score (nSPS) is 13.2. The van der Waals surface area contributed by atoms with Crippen LogP contribution in [0, 0.1) is 0 Å². The van der Waals surface area contributed by atoms with Crippen LogP contribution in [0.15, 0.2) is 17.5 Å². The van der Waals surface area contributed by atoms with E-state index in [0.717, 1.165) is 32.7 Å². The lowest BCUT2D eigenvalue weighted by atomic mass is 10.3. The summed E-state index contributed by atoms with van der Waals surface area (Å²) in [5, 5.41) is 2.12. The molecule has 4 heteroatoms. The maximum absolute atomic E-state index is 5.86. The highest BCUT2D eigenvalue weighted by molar-refractivity contribution is 7.09. The molecule has 0 saturated heterocycles. The molecular formula is C12H22N2OS. The number of rotatable bonds is 8. The second-order valence-corrected chi connectivity index (χ2v) is 5.17. The molecule has 1 heterocycles. The molecule has 0 bridgehead atoms. The molecule has 0 unspecified atom stereocenters. The van der Waals surface area contributed by atoms with E-state index in [9.17, 15) is 0 Å². The van der Waals surface area contributed by atoms with Crippen LogP contribution in [-0.2, 0) is 11.3 Å². The Morgan fingerprint density at radius 2 is 2.38 bits per heavy atom. The van der Waals surface area contributed by atoms with Crippen LogP contribution in [-0.4, -0.2) is 37.7 Å². The zero-order chi connectivity index (χ0) is 11.8. The maximum atomic E-state index is 5.86. The van der Waals surface area contributed by atoms with Gasteiger partial charge in [0.25, 0.3) is 0 Å². The van der Waals surface area contributed by atoms with E-state index in [0.29, 0.717) is 0 Å². The predicted molar refractivity (Wildman–Crippen MR) is 69.7 cm³/mol. The van der Waals surface area contributed by atoms with E-state index in [-0.39, 0.29) is 6.04 Å². The highest BCUT2D eigenvalue weighted by Crippen LogP contribution is 2.12. The Morgan fingerprint density at radius 3 is 2.94 bits per heavy atom. The third-order valence-corrected chi connectivity index (χ3v) is 3.19. The molecule has 1 rings (SSSR count). The number of hydrogen-bond donors (Lipinski definition) is 1. The summed E-state index contributed by atoms with van der Waals surface area (Å²) in [6.07, 6.45) is 1.06. The van der Waals surface area contributed by atoms with Gasteiger partial charge in [0.1, 0.15) is 0 Å². The van der Waals surface area contributed by atoms with Crippen LogP contribution in [0.2, 0.25) is 0 Å². The van der Waals surface area contributed by atoms with E-state index in [1.807, 2.05) is 0 Å². The van der Waals surface area contributed by atoms with Gasteiger partial charge < -0.3 is 10.5 Å². The lowest BCUT2D eigenvalue weighted by Crippen LogP contribution is -2.36. The number of thiophene rings is 1. The van der Waals surface area contributed by atoms with E-state index in [1.54, 1.807) is 18.4 Å². The fraction of sp³-hybridized carbons (Fsp3) is 0.667. The van der Waals surface area contributed by atoms with Crippen molar-refractivity contribution in [2.75, 3.05) is 26.8 Å². The summed E-state index contributed by atoms with van der Waals surface area (Å²) in [4.78, 5) is 3.80. The lowest BCUT2D eigenvalue weighted by Gasteiger charge is -2.23. The van der Waals surface area contributed by atoms with Crippen molar-refractivity contribution in [2.45, 2.75) is 25.9 Å². The number of hydrogen-bond acceptors (Lipinski definition) is 4. The Bertz CT molecular complexity index is 262. The van der Waals surface area contributed by atoms with Crippen molar-refractivity contribution in [2.24, 2.45) is 5.73 Å². The van der Waals surface area contributed by atoms with Gasteiger partial charge in [-0.1, -0.05) is 6.07 Å². The molecule has 2 N–H and O–H groups in total. The van der Waals surface area contributed by atoms with Crippen molar-refractivity contribution < 1.29 is 4.74 Å². The first kappa shape index (κ1) is 13.6. The van der Waals surface area contributed by atoms with Gasteiger partial charge in [-0.25, -0.2) is 0 Å². The average molecular weight is 242 g/mol. The predicted octanol–water partition coefficient (Wildman–Crippen LogP) is 1.93. The summed E-state index contributed by atoms with van der Waals surface area (Å²) in [5.74, 6) is 0. The molecule has 0 fully saturated rings. The van der Waals surface area contributed by atoms with E-state index < -0.39 is 0 Å². The Morgan fingerprint density at radius 1 is 1.56 bits per heavy atom. The first-order chi connectivity index (χ1) is 7.72. The number of ether oxygens (including phenoxy) is 1. The maximum Gasteiger partial charge on any atom is 0.0474 e. The highest BCUT2D eigenvalue weighted by atomic mass is 32.1. The van der Waals surface area contributed by atoms with Gasteiger partial charge in [-0.2, -0.15) is 0 Å². The van der Waals surface area contributed by atoms with Crippen LogP contribution >= 0.6 is 11.3 Å². The highest BCUT2D eigenvalue weighted by Gasteiger charge is 2.08. The molecule has 92 valence electrons. The van der Waals surface area contributed by atoms with Gasteiger partial charge >= 0.3 is 0 Å². The second kappa shape index (κ2) is 7.79. The molecule has 1 aromatic rings. The summed E-state index contributed by atoms with van der Waals surface area (Å²) in [5.41, 5.74) is 5.86. The van der Waals surface area contributed by atoms with Gasteiger partial charge in [0.05, 0.1) is 0 Å². The molecule has 0 spiro atoms. The van der Waals surface area contributed by atoms with Crippen molar-refractivity contribution in [1.29, 1.82) is 0 Å². The molecule has 0 saturated carbocycles. The molecule has 0 aromatic carbocycles. The number of methoxy groups -OCH3 is 1. The second-order valence-electron chi connectivity index (χ2n) is 4.14. The van der Waals surface area contributed by atoms with Crippen molar-refractivity contribution >= 4 is 11.3 Å². The minimum absolute atomic E-state index is 0.225. The molecule has 0 aliphatic carbocycles. The molecule has 16 heavy (non-hydrogen) atoms. The topological polar surface area (TPSA) is 38.5 Å². The fourth-order valence-electron chi connectivity index (χ4n) is 1.70. The van der Waals surface area contributed by atoms with Crippen LogP contribution in [0.25, 0.3) is 0 Å². The van der Waals surface area contributed by atoms with E-state index in [4.69, 9.17) is 10.5 Å². The summed E-state index contributed by atoms with van der Waals surface area (Å²) in [7, 11) is 1.75. The van der Waals surface area contributed by atoms with Crippen LogP contribution in [0.5, 0.6) is 0 Å². The fourth-order valence-corrected chi connectivity index (χ4v) is 2.44. The molecule has 0 aliphatic rings. The smallest absolute Gasteiger partial charge is 0.0474 e. The van der Waals surface area contributed by atoms with Gasteiger partial charge in [-0.05, 0) is 24.8 Å². The van der Waals surface area contributed by atoms with Crippen molar-refractivity contribution in [1.82, 2.24) is 4.90 Å². The van der Waals surface area contributed by atoms with Crippen molar-refractivity contribution in [3.8, 4) is 0 Å². The Balaban J connectivity index is 2.37. The quantitative estimate of drug-likeness (QED) is 0.708. The number of nitrogens with two attached hydrogens (primary N) is 1. The van der Waals surface area contributed by atoms with Gasteiger partial charge in [-0.3, -0.25) is 4.90 Å². The van der Waals surface area contributed by atoms with Crippen LogP contribution < -0.4 is 5.73 Å². The van der Waals surface area contributed by atoms with E-state index in [2.05, 4.69) is 29.3 Å². The van der Waals surface area contributed by atoms with Gasteiger partial charge in [-0.15, -0.1) is 11.3 Å². The standard InChI is InChI=1S/C12H22N2OS/c1-11(13)9-14(6-4-7-15-2)10-12-5-3-8-16-12/h3,5,8,11H,4,6-7,9-10,13H2,1-2H3/t11-/m1/s1. The molecular weight excluding hydrogens is 220 g/mol. The summed E-state index contributed by atoms with van der Waals surface area (Å²) in [6.45, 7) is 5.87. The zero-order valence-electron chi connectivity index (χ0n) is 10.2. The van der Waals surface area contributed by atoms with Gasteiger partial charge in [0, 0.05) is 44.3 Å². The molecule has 0 aliphatic heterocycles. The zero-order valence-corrected chi connectivity index (χ0v) is 11.0. The lowest BCUT2D eigenvalue weighted by molar-refractivity contribution is 0.167. The van der Waals surface area contributed by atoms with Crippen molar-refractivity contribution in [3.05, 3.63) is 22.4 Å². The van der Waals surface area contributed by atoms with Crippen molar-refractivity contribution in [3.63, 3.8) is 0 Å². The van der Waals surface area contributed by atoms with Crippen LogP contribution in [0.3, 0.4) is 0 Å². The van der Waals surface area contributed by atoms with E-state index in [1.165, 1.54) is 4.88 Å². The molecule has 0 radical (unpaired) electrons. The molecule has 1 aromatic heterocycles. The first-order valence-corrected chi connectivity index (χ1v) is 6.59.